The van der Waals surface area contributed by atoms with Crippen molar-refractivity contribution in [3.63, 3.8) is 0 Å². The van der Waals surface area contributed by atoms with Gasteiger partial charge in [0.25, 0.3) is 0 Å². The summed E-state index contributed by atoms with van der Waals surface area (Å²) in [6, 6.07) is 0. The van der Waals surface area contributed by atoms with E-state index >= 15 is 0 Å². The van der Waals surface area contributed by atoms with E-state index in [1.54, 1.807) is 0 Å². The summed E-state index contributed by atoms with van der Waals surface area (Å²) in [6.45, 7) is 12.2. The summed E-state index contributed by atoms with van der Waals surface area (Å²) in [4.78, 5) is 11.9. The topological polar surface area (TPSA) is 88.2 Å². The van der Waals surface area contributed by atoms with Crippen LogP contribution < -0.4 is 5.32 Å². The van der Waals surface area contributed by atoms with Crippen LogP contribution in [0.25, 0.3) is 0 Å². The third-order valence-corrected chi connectivity index (χ3v) is 3.72. The van der Waals surface area contributed by atoms with Gasteiger partial charge >= 0.3 is 0 Å². The smallest absolute Gasteiger partial charge is 0.220 e. The second-order valence-corrected chi connectivity index (χ2v) is 7.14. The summed E-state index contributed by atoms with van der Waals surface area (Å²) < 4.78 is 5.47. The van der Waals surface area contributed by atoms with Gasteiger partial charge in [0.1, 0.15) is 0 Å². The Hall–Kier alpha value is -1.43. The van der Waals surface area contributed by atoms with Crippen molar-refractivity contribution in [2.24, 2.45) is 11.3 Å². The lowest BCUT2D eigenvalue weighted by Gasteiger charge is -2.33. The second-order valence-electron chi connectivity index (χ2n) is 7.14. The number of hydrogen-bond acceptors (Lipinski definition) is 5. The number of carbonyl (C=O) groups excluding carboxylic acids is 1. The lowest BCUT2D eigenvalue weighted by atomic mass is 9.80. The molecule has 1 atom stereocenters. The molecule has 6 nitrogen and oxygen atoms in total. The van der Waals surface area contributed by atoms with E-state index < -0.39 is 6.10 Å². The highest BCUT2D eigenvalue weighted by molar-refractivity contribution is 5.76. The van der Waals surface area contributed by atoms with Crippen LogP contribution in [0.4, 0.5) is 0 Å². The molecule has 0 fully saturated rings. The average molecular weight is 311 g/mol. The van der Waals surface area contributed by atoms with Crippen molar-refractivity contribution >= 4 is 5.91 Å². The number of nitrogens with one attached hydrogen (secondary N) is 1. The van der Waals surface area contributed by atoms with Gasteiger partial charge in [-0.05, 0) is 5.92 Å². The highest BCUT2D eigenvalue weighted by Gasteiger charge is 2.30. The van der Waals surface area contributed by atoms with Crippen molar-refractivity contribution < 1.29 is 14.3 Å². The van der Waals surface area contributed by atoms with E-state index in [2.05, 4.69) is 15.5 Å². The molecular weight excluding hydrogens is 282 g/mol. The van der Waals surface area contributed by atoms with Crippen molar-refractivity contribution in [1.29, 1.82) is 0 Å². The average Bonchev–Trinajstić information content (AvgIpc) is 2.91. The maximum Gasteiger partial charge on any atom is 0.220 e. The van der Waals surface area contributed by atoms with Crippen molar-refractivity contribution in [1.82, 2.24) is 15.5 Å². The monoisotopic (exact) mass is 311 g/mol. The summed E-state index contributed by atoms with van der Waals surface area (Å²) in [5.74, 6) is 1.35. The highest BCUT2D eigenvalue weighted by atomic mass is 16.4. The van der Waals surface area contributed by atoms with E-state index in [4.69, 9.17) is 4.42 Å². The normalized spacial score (nSPS) is 13.7. The van der Waals surface area contributed by atoms with Gasteiger partial charge in [-0.3, -0.25) is 4.79 Å². The number of rotatable bonds is 8. The second kappa shape index (κ2) is 7.72. The third kappa shape index (κ3) is 5.40. The molecule has 2 N–H and O–H groups in total. The Labute approximate surface area is 132 Å². The Balaban J connectivity index is 2.40. The van der Waals surface area contributed by atoms with E-state index in [0.717, 1.165) is 0 Å². The maximum atomic E-state index is 11.9. The predicted molar refractivity (Wildman–Crippen MR) is 84.3 cm³/mol. The molecule has 0 radical (unpaired) electrons. The summed E-state index contributed by atoms with van der Waals surface area (Å²) in [7, 11) is 0. The fourth-order valence-corrected chi connectivity index (χ4v) is 2.24. The van der Waals surface area contributed by atoms with Gasteiger partial charge < -0.3 is 14.8 Å². The summed E-state index contributed by atoms with van der Waals surface area (Å²) in [5, 5.41) is 20.9. The number of aliphatic hydroxyl groups is 1. The van der Waals surface area contributed by atoms with Gasteiger partial charge in [0.15, 0.2) is 0 Å². The van der Waals surface area contributed by atoms with Crippen LogP contribution in [0.5, 0.6) is 0 Å². The van der Waals surface area contributed by atoms with Crippen LogP contribution in [0.2, 0.25) is 0 Å². The number of carbonyl (C=O) groups is 1. The van der Waals surface area contributed by atoms with Crippen LogP contribution in [0.15, 0.2) is 4.42 Å². The zero-order valence-corrected chi connectivity index (χ0v) is 14.5. The number of hydrogen-bond donors (Lipinski definition) is 2. The molecule has 0 saturated carbocycles. The Kier molecular flexibility index (Phi) is 6.53. The van der Waals surface area contributed by atoms with Crippen LogP contribution in [0.1, 0.15) is 65.7 Å². The molecule has 0 aromatic carbocycles. The third-order valence-electron chi connectivity index (χ3n) is 3.72. The Morgan fingerprint density at radius 1 is 1.27 bits per heavy atom. The highest BCUT2D eigenvalue weighted by Crippen LogP contribution is 2.25. The van der Waals surface area contributed by atoms with Crippen LogP contribution in [-0.2, 0) is 11.2 Å². The minimum atomic E-state index is -0.461. The molecule has 1 amide bonds. The molecule has 1 unspecified atom stereocenters. The minimum absolute atomic E-state index is 0.0756. The van der Waals surface area contributed by atoms with E-state index in [1.807, 2.05) is 41.5 Å². The molecule has 0 aliphatic rings. The number of amides is 1. The molecule has 0 aliphatic carbocycles. The van der Waals surface area contributed by atoms with E-state index in [-0.39, 0.29) is 23.2 Å². The van der Waals surface area contributed by atoms with Crippen molar-refractivity contribution in [2.45, 2.75) is 66.4 Å². The van der Waals surface area contributed by atoms with Crippen LogP contribution in [-0.4, -0.2) is 33.9 Å². The van der Waals surface area contributed by atoms with Gasteiger partial charge in [-0.1, -0.05) is 41.5 Å². The number of aryl methyl sites for hydroxylation is 1. The van der Waals surface area contributed by atoms with Crippen LogP contribution in [0.3, 0.4) is 0 Å². The molecule has 0 aliphatic heterocycles. The van der Waals surface area contributed by atoms with Crippen molar-refractivity contribution in [3.05, 3.63) is 11.8 Å². The first kappa shape index (κ1) is 18.6. The fraction of sp³-hybridized carbons (Fsp3) is 0.812. The first-order chi connectivity index (χ1) is 10.1. The Bertz CT molecular complexity index is 481. The van der Waals surface area contributed by atoms with Gasteiger partial charge in [-0.25, -0.2) is 0 Å². The molecule has 0 bridgehead atoms. The lowest BCUT2D eigenvalue weighted by molar-refractivity contribution is -0.122. The van der Waals surface area contributed by atoms with E-state index in [1.165, 1.54) is 0 Å². The van der Waals surface area contributed by atoms with E-state index in [0.29, 0.717) is 31.2 Å². The number of aromatic nitrogens is 2. The molecular formula is C16H29N3O3. The van der Waals surface area contributed by atoms with Gasteiger partial charge in [0, 0.05) is 30.7 Å². The maximum absolute atomic E-state index is 11.9. The van der Waals surface area contributed by atoms with Crippen molar-refractivity contribution in [3.8, 4) is 0 Å². The number of nitrogens with zero attached hydrogens (tertiary/aromatic N) is 2. The quantitative estimate of drug-likeness (QED) is 0.769. The van der Waals surface area contributed by atoms with Gasteiger partial charge in [0.2, 0.25) is 17.7 Å². The van der Waals surface area contributed by atoms with E-state index in [9.17, 15) is 9.90 Å². The Morgan fingerprint density at radius 2 is 1.91 bits per heavy atom. The zero-order valence-electron chi connectivity index (χ0n) is 14.5. The lowest BCUT2D eigenvalue weighted by Crippen LogP contribution is -2.43. The molecule has 1 rings (SSSR count). The van der Waals surface area contributed by atoms with Crippen LogP contribution in [0, 0.1) is 11.3 Å². The van der Waals surface area contributed by atoms with Crippen molar-refractivity contribution in [2.75, 3.05) is 6.54 Å². The molecule has 1 aromatic heterocycles. The standard InChI is InChI=1S/C16H29N3O3/c1-10(2)14(21)16(5,6)9-17-12(20)7-8-13-18-19-15(22-13)11(3)4/h10-11,14,21H,7-9H2,1-6H3,(H,17,20). The molecule has 6 heteroatoms. The minimum Gasteiger partial charge on any atom is -0.425 e. The van der Waals surface area contributed by atoms with Gasteiger partial charge in [0.05, 0.1) is 6.10 Å². The summed E-state index contributed by atoms with van der Waals surface area (Å²) in [6.07, 6.45) is 0.268. The molecule has 0 saturated heterocycles. The largest absolute Gasteiger partial charge is 0.425 e. The Morgan fingerprint density at radius 3 is 2.41 bits per heavy atom. The molecule has 1 aromatic rings. The van der Waals surface area contributed by atoms with Gasteiger partial charge in [-0.2, -0.15) is 0 Å². The molecule has 22 heavy (non-hydrogen) atoms. The van der Waals surface area contributed by atoms with Crippen LogP contribution >= 0.6 is 0 Å². The van der Waals surface area contributed by atoms with Gasteiger partial charge in [-0.15, -0.1) is 10.2 Å². The summed E-state index contributed by atoms with van der Waals surface area (Å²) >= 11 is 0. The zero-order chi connectivity index (χ0) is 16.9. The number of aliphatic hydroxyl groups excluding tert-OH is 1. The fourth-order valence-electron chi connectivity index (χ4n) is 2.24. The first-order valence-corrected chi connectivity index (χ1v) is 7.90. The molecule has 1 heterocycles. The first-order valence-electron chi connectivity index (χ1n) is 7.90. The molecule has 0 spiro atoms. The molecule has 126 valence electrons. The SMILES string of the molecule is CC(C)c1nnc(CCC(=O)NCC(C)(C)C(O)C(C)C)o1. The predicted octanol–water partition coefficient (Wildman–Crippen LogP) is 2.28. The summed E-state index contributed by atoms with van der Waals surface area (Å²) in [5.41, 5.74) is -0.362.